The largest absolute Gasteiger partial charge is 0.481 e. The first-order valence-electron chi connectivity index (χ1n) is 10.7. The maximum Gasteiger partial charge on any atom is 0.303 e. The molecule has 158 valence electrons. The molecule has 0 bridgehead atoms. The molecule has 2 aliphatic rings. The van der Waals surface area contributed by atoms with Crippen LogP contribution in [0, 0.1) is 17.3 Å². The topological polar surface area (TPSA) is 83.8 Å². The van der Waals surface area contributed by atoms with Crippen molar-refractivity contribution in [2.24, 2.45) is 17.3 Å². The van der Waals surface area contributed by atoms with E-state index in [0.717, 1.165) is 19.3 Å². The number of carbonyl (C=O) groups excluding carboxylic acids is 1. The Balaban J connectivity index is 1.89. The number of hydrogen-bond acceptors (Lipinski definition) is 4. The van der Waals surface area contributed by atoms with Crippen molar-refractivity contribution in [1.82, 2.24) is 0 Å². The third kappa shape index (κ3) is 5.77. The van der Waals surface area contributed by atoms with Gasteiger partial charge in [0.15, 0.2) is 0 Å². The second-order valence-corrected chi connectivity index (χ2v) is 8.37. The number of carbonyl (C=O) groups is 2. The zero-order chi connectivity index (χ0) is 20.6. The number of ketones is 1. The monoisotopic (exact) mass is 392 g/mol. The van der Waals surface area contributed by atoms with E-state index in [9.17, 15) is 14.7 Å². The lowest BCUT2D eigenvalue weighted by Gasteiger charge is -2.45. The van der Waals surface area contributed by atoms with E-state index >= 15 is 0 Å². The molecule has 0 radical (unpaired) electrons. The molecule has 5 nitrogen and oxygen atoms in total. The van der Waals surface area contributed by atoms with Gasteiger partial charge in [-0.3, -0.25) is 9.59 Å². The Labute approximate surface area is 168 Å². The van der Waals surface area contributed by atoms with Gasteiger partial charge in [-0.15, -0.1) is 0 Å². The summed E-state index contributed by atoms with van der Waals surface area (Å²) in [5.41, 5.74) is 0.0918. The molecule has 4 atom stereocenters. The third-order valence-corrected chi connectivity index (χ3v) is 6.81. The van der Waals surface area contributed by atoms with E-state index in [1.165, 1.54) is 6.42 Å². The van der Waals surface area contributed by atoms with Gasteiger partial charge in [0.1, 0.15) is 5.78 Å². The first kappa shape index (κ1) is 22.8. The van der Waals surface area contributed by atoms with Crippen LogP contribution in [0.15, 0.2) is 24.3 Å². The van der Waals surface area contributed by atoms with Crippen molar-refractivity contribution >= 4 is 11.8 Å². The van der Waals surface area contributed by atoms with Gasteiger partial charge in [0.2, 0.25) is 0 Å². The summed E-state index contributed by atoms with van der Waals surface area (Å²) in [7, 11) is 1.65. The first-order chi connectivity index (χ1) is 13.4. The van der Waals surface area contributed by atoms with Crippen LogP contribution in [0.5, 0.6) is 0 Å². The second-order valence-electron chi connectivity index (χ2n) is 8.37. The number of aliphatic hydroxyl groups is 1. The van der Waals surface area contributed by atoms with E-state index in [4.69, 9.17) is 9.84 Å². The number of rotatable bonds is 12. The van der Waals surface area contributed by atoms with Gasteiger partial charge < -0.3 is 14.9 Å². The fourth-order valence-corrected chi connectivity index (χ4v) is 4.65. The predicted molar refractivity (Wildman–Crippen MR) is 109 cm³/mol. The Morgan fingerprint density at radius 2 is 2.07 bits per heavy atom. The van der Waals surface area contributed by atoms with E-state index in [2.05, 4.69) is 13.0 Å². The van der Waals surface area contributed by atoms with Crippen LogP contribution in [0.1, 0.15) is 71.1 Å². The van der Waals surface area contributed by atoms with Gasteiger partial charge in [-0.25, -0.2) is 0 Å². The van der Waals surface area contributed by atoms with Gasteiger partial charge in [-0.2, -0.15) is 0 Å². The predicted octanol–water partition coefficient (Wildman–Crippen LogP) is 4.30. The van der Waals surface area contributed by atoms with Crippen LogP contribution in [0.4, 0.5) is 0 Å². The number of methoxy groups -OCH3 is 1. The van der Waals surface area contributed by atoms with Crippen molar-refractivity contribution in [2.45, 2.75) is 83.3 Å². The van der Waals surface area contributed by atoms with E-state index in [0.29, 0.717) is 32.1 Å². The summed E-state index contributed by atoms with van der Waals surface area (Å²) in [6, 6.07) is 0. The number of aliphatic hydroxyl groups excluding tert-OH is 1. The zero-order valence-corrected chi connectivity index (χ0v) is 17.3. The second kappa shape index (κ2) is 10.9. The molecule has 28 heavy (non-hydrogen) atoms. The number of carboxylic acids is 1. The van der Waals surface area contributed by atoms with Crippen molar-refractivity contribution < 1.29 is 24.5 Å². The van der Waals surface area contributed by atoms with Gasteiger partial charge in [-0.1, -0.05) is 37.6 Å². The van der Waals surface area contributed by atoms with Crippen molar-refractivity contribution in [2.75, 3.05) is 7.11 Å². The molecule has 0 aromatic rings. The molecule has 0 heterocycles. The molecule has 5 heteroatoms. The van der Waals surface area contributed by atoms with Crippen LogP contribution in [-0.4, -0.2) is 41.3 Å². The number of unbranched alkanes of at least 4 members (excludes halogenated alkanes) is 1. The minimum atomic E-state index is -0.776. The number of carboxylic acid groups (broad SMARTS) is 1. The van der Waals surface area contributed by atoms with Crippen LogP contribution in [0.2, 0.25) is 0 Å². The summed E-state index contributed by atoms with van der Waals surface area (Å²) >= 11 is 0. The van der Waals surface area contributed by atoms with Gasteiger partial charge in [0.25, 0.3) is 0 Å². The standard InChI is InChI=1S/C23H36O5/c1-3-23(14-9-15-23)21(25)12-8-11-18-17(19(24)16-20(18)28-2)10-6-4-5-7-13-22(26)27/h4,6,8,11,17-18,20-21,25H,3,5,7,9-10,12-16H2,1-2H3,(H,26,27)/t17-,18-,20-,21?/m1/s1. The lowest BCUT2D eigenvalue weighted by Crippen LogP contribution is -2.40. The molecule has 0 aromatic heterocycles. The van der Waals surface area contributed by atoms with E-state index in [1.807, 2.05) is 18.2 Å². The molecule has 2 N–H and O–H groups in total. The minimum absolute atomic E-state index is 0.0346. The fraction of sp³-hybridized carbons (Fsp3) is 0.739. The normalized spacial score (nSPS) is 28.1. The van der Waals surface area contributed by atoms with Crippen LogP contribution < -0.4 is 0 Å². The molecule has 2 saturated carbocycles. The Morgan fingerprint density at radius 1 is 1.32 bits per heavy atom. The quantitative estimate of drug-likeness (QED) is 0.382. The lowest BCUT2D eigenvalue weighted by atomic mass is 9.63. The highest BCUT2D eigenvalue weighted by atomic mass is 16.5. The maximum absolute atomic E-state index is 12.4. The fourth-order valence-electron chi connectivity index (χ4n) is 4.65. The molecular formula is C23H36O5. The summed E-state index contributed by atoms with van der Waals surface area (Å²) < 4.78 is 5.55. The number of Topliss-reactive ketones (excluding diaryl/α,β-unsaturated/α-hetero) is 1. The average Bonchev–Trinajstić information content (AvgIpc) is 2.92. The number of allylic oxidation sites excluding steroid dienone is 2. The Kier molecular flexibility index (Phi) is 8.90. The van der Waals surface area contributed by atoms with Crippen LogP contribution in [-0.2, 0) is 14.3 Å². The Bertz CT molecular complexity index is 570. The third-order valence-electron chi connectivity index (χ3n) is 6.81. The van der Waals surface area contributed by atoms with Crippen molar-refractivity contribution in [3.05, 3.63) is 24.3 Å². The van der Waals surface area contributed by atoms with E-state index in [1.54, 1.807) is 7.11 Å². The van der Waals surface area contributed by atoms with Crippen molar-refractivity contribution in [3.8, 4) is 0 Å². The molecule has 0 aliphatic heterocycles. The smallest absolute Gasteiger partial charge is 0.303 e. The van der Waals surface area contributed by atoms with Crippen molar-refractivity contribution in [1.29, 1.82) is 0 Å². The Hall–Kier alpha value is -1.46. The van der Waals surface area contributed by atoms with Crippen LogP contribution in [0.3, 0.4) is 0 Å². The highest BCUT2D eigenvalue weighted by molar-refractivity contribution is 5.84. The molecule has 2 rings (SSSR count). The van der Waals surface area contributed by atoms with Crippen LogP contribution in [0.25, 0.3) is 0 Å². The molecule has 1 unspecified atom stereocenters. The summed E-state index contributed by atoms with van der Waals surface area (Å²) in [6.07, 6.45) is 15.3. The Morgan fingerprint density at radius 3 is 2.64 bits per heavy atom. The SMILES string of the molecule is CCC1(C(O)CC=C[C@H]2[C@H](OC)CC(=O)[C@@H]2CC=CCCCC(=O)O)CCC1. The molecular weight excluding hydrogens is 356 g/mol. The summed E-state index contributed by atoms with van der Waals surface area (Å²) in [5.74, 6) is -0.618. The lowest BCUT2D eigenvalue weighted by molar-refractivity contribution is -0.137. The number of ether oxygens (including phenoxy) is 1. The average molecular weight is 393 g/mol. The van der Waals surface area contributed by atoms with Gasteiger partial charge in [-0.05, 0) is 50.4 Å². The highest BCUT2D eigenvalue weighted by Crippen LogP contribution is 2.47. The number of hydrogen-bond donors (Lipinski definition) is 2. The van der Waals surface area contributed by atoms with Gasteiger partial charge >= 0.3 is 5.97 Å². The zero-order valence-electron chi connectivity index (χ0n) is 17.3. The molecule has 2 fully saturated rings. The van der Waals surface area contributed by atoms with E-state index < -0.39 is 5.97 Å². The highest BCUT2D eigenvalue weighted by Gasteiger charge is 2.42. The summed E-state index contributed by atoms with van der Waals surface area (Å²) in [6.45, 7) is 2.15. The van der Waals surface area contributed by atoms with Crippen molar-refractivity contribution in [3.63, 3.8) is 0 Å². The summed E-state index contributed by atoms with van der Waals surface area (Å²) in [5, 5.41) is 19.3. The molecule has 0 amide bonds. The van der Waals surface area contributed by atoms with Crippen LogP contribution >= 0.6 is 0 Å². The molecule has 0 saturated heterocycles. The maximum atomic E-state index is 12.4. The first-order valence-corrected chi connectivity index (χ1v) is 10.7. The van der Waals surface area contributed by atoms with E-state index in [-0.39, 0.29) is 41.7 Å². The summed E-state index contributed by atoms with van der Waals surface area (Å²) in [4.78, 5) is 23.0. The van der Waals surface area contributed by atoms with Gasteiger partial charge in [0, 0.05) is 31.8 Å². The molecule has 0 spiro atoms. The molecule has 2 aliphatic carbocycles. The number of aliphatic carboxylic acids is 1. The molecule has 0 aromatic carbocycles. The van der Waals surface area contributed by atoms with Gasteiger partial charge in [0.05, 0.1) is 12.2 Å². The minimum Gasteiger partial charge on any atom is -0.481 e.